The highest BCUT2D eigenvalue weighted by Crippen LogP contribution is 2.42. The van der Waals surface area contributed by atoms with Crippen molar-refractivity contribution in [2.24, 2.45) is 0 Å². The van der Waals surface area contributed by atoms with Crippen molar-refractivity contribution in [1.82, 2.24) is 0 Å². The molecule has 1 aromatic rings. The topological polar surface area (TPSA) is 38.5 Å². The first kappa shape index (κ1) is 9.97. The van der Waals surface area contributed by atoms with Gasteiger partial charge in [-0.25, -0.2) is 0 Å². The zero-order valence-electron chi connectivity index (χ0n) is 9.48. The Hall–Kier alpha value is -1.22. The lowest BCUT2D eigenvalue weighted by molar-refractivity contribution is 0.123. The molecule has 1 aliphatic heterocycles. The van der Waals surface area contributed by atoms with Crippen LogP contribution in [0.25, 0.3) is 0 Å². The summed E-state index contributed by atoms with van der Waals surface area (Å²) >= 11 is 0. The predicted octanol–water partition coefficient (Wildman–Crippen LogP) is 1.98. The molecule has 0 bridgehead atoms. The van der Waals surface area contributed by atoms with Crippen LogP contribution in [0.3, 0.4) is 0 Å². The molecule has 3 rings (SSSR count). The quantitative estimate of drug-likeness (QED) is 0.771. The lowest BCUT2D eigenvalue weighted by Gasteiger charge is -2.30. The molecule has 0 radical (unpaired) electrons. The van der Waals surface area contributed by atoms with Crippen molar-refractivity contribution in [3.8, 4) is 0 Å². The Morgan fingerprint density at radius 1 is 1.19 bits per heavy atom. The zero-order chi connectivity index (χ0) is 11.0. The fourth-order valence-corrected chi connectivity index (χ4v) is 2.31. The molecule has 0 spiro atoms. The minimum absolute atomic E-state index is 0.792. The van der Waals surface area contributed by atoms with Gasteiger partial charge in [-0.05, 0) is 36.5 Å². The molecule has 1 saturated carbocycles. The van der Waals surface area contributed by atoms with Crippen molar-refractivity contribution in [2.75, 3.05) is 36.9 Å². The monoisotopic (exact) mass is 218 g/mol. The number of nitrogens with zero attached hydrogens (tertiary/aromatic N) is 1. The first-order chi connectivity index (χ1) is 7.84. The van der Waals surface area contributed by atoms with Crippen molar-refractivity contribution < 1.29 is 4.74 Å². The van der Waals surface area contributed by atoms with Crippen LogP contribution in [-0.2, 0) is 4.74 Å². The van der Waals surface area contributed by atoms with E-state index in [0.29, 0.717) is 0 Å². The minimum Gasteiger partial charge on any atom is -0.397 e. The fourth-order valence-electron chi connectivity index (χ4n) is 2.31. The van der Waals surface area contributed by atoms with Gasteiger partial charge < -0.3 is 15.4 Å². The molecule has 3 nitrogen and oxygen atoms in total. The lowest BCUT2D eigenvalue weighted by atomic mass is 10.1. The molecule has 1 saturated heterocycles. The number of hydrogen-bond acceptors (Lipinski definition) is 3. The highest BCUT2D eigenvalue weighted by Gasteiger charge is 2.25. The van der Waals surface area contributed by atoms with Crippen LogP contribution in [0.4, 0.5) is 11.4 Å². The molecule has 86 valence electrons. The second-order valence-corrected chi connectivity index (χ2v) is 4.69. The Bertz CT molecular complexity index is 382. The molecule has 0 aromatic heterocycles. The molecule has 0 atom stereocenters. The number of nitrogens with two attached hydrogens (primary N) is 1. The molecule has 16 heavy (non-hydrogen) atoms. The summed E-state index contributed by atoms with van der Waals surface area (Å²) in [4.78, 5) is 2.34. The van der Waals surface area contributed by atoms with Gasteiger partial charge in [-0.2, -0.15) is 0 Å². The van der Waals surface area contributed by atoms with Crippen LogP contribution in [0.15, 0.2) is 18.2 Å². The Morgan fingerprint density at radius 2 is 1.94 bits per heavy atom. The van der Waals surface area contributed by atoms with Crippen LogP contribution in [0, 0.1) is 0 Å². The number of morpholine rings is 1. The van der Waals surface area contributed by atoms with Crippen LogP contribution in [0.1, 0.15) is 24.3 Å². The second kappa shape index (κ2) is 3.98. The summed E-state index contributed by atoms with van der Waals surface area (Å²) in [6, 6.07) is 6.51. The van der Waals surface area contributed by atoms with Gasteiger partial charge in [0.15, 0.2) is 0 Å². The third-order valence-electron chi connectivity index (χ3n) is 3.46. The summed E-state index contributed by atoms with van der Waals surface area (Å²) in [5.74, 6) is 0.792. The Labute approximate surface area is 96.2 Å². The van der Waals surface area contributed by atoms with Crippen molar-refractivity contribution in [2.45, 2.75) is 18.8 Å². The van der Waals surface area contributed by atoms with E-state index in [0.717, 1.165) is 37.9 Å². The number of rotatable bonds is 2. The van der Waals surface area contributed by atoms with Crippen LogP contribution in [-0.4, -0.2) is 26.3 Å². The van der Waals surface area contributed by atoms with Gasteiger partial charge in [-0.1, -0.05) is 6.07 Å². The maximum atomic E-state index is 6.06. The van der Waals surface area contributed by atoms with Crippen molar-refractivity contribution >= 4 is 11.4 Å². The average molecular weight is 218 g/mol. The summed E-state index contributed by atoms with van der Waals surface area (Å²) in [6.45, 7) is 3.54. The number of benzene rings is 1. The summed E-state index contributed by atoms with van der Waals surface area (Å²) < 4.78 is 5.37. The van der Waals surface area contributed by atoms with Gasteiger partial charge in [0.25, 0.3) is 0 Å². The Balaban J connectivity index is 1.88. The smallest absolute Gasteiger partial charge is 0.0642 e. The van der Waals surface area contributed by atoms with Gasteiger partial charge in [0.1, 0.15) is 0 Å². The van der Waals surface area contributed by atoms with E-state index in [9.17, 15) is 0 Å². The Morgan fingerprint density at radius 3 is 2.62 bits per heavy atom. The molecule has 2 fully saturated rings. The maximum absolute atomic E-state index is 6.06. The SMILES string of the molecule is Nc1ccc(C2CC2)cc1N1CCOCC1. The van der Waals surface area contributed by atoms with E-state index in [1.54, 1.807) is 0 Å². The van der Waals surface area contributed by atoms with Crippen molar-refractivity contribution in [1.29, 1.82) is 0 Å². The molecule has 2 aliphatic rings. The summed E-state index contributed by atoms with van der Waals surface area (Å²) in [5, 5.41) is 0. The second-order valence-electron chi connectivity index (χ2n) is 4.69. The Kier molecular flexibility index (Phi) is 2.48. The maximum Gasteiger partial charge on any atom is 0.0642 e. The molecule has 1 heterocycles. The third-order valence-corrected chi connectivity index (χ3v) is 3.46. The van der Waals surface area contributed by atoms with Crippen LogP contribution in [0.2, 0.25) is 0 Å². The van der Waals surface area contributed by atoms with Gasteiger partial charge in [0.05, 0.1) is 24.6 Å². The first-order valence-corrected chi connectivity index (χ1v) is 6.07. The van der Waals surface area contributed by atoms with Crippen molar-refractivity contribution in [3.63, 3.8) is 0 Å². The largest absolute Gasteiger partial charge is 0.397 e. The minimum atomic E-state index is 0.792. The number of ether oxygens (including phenoxy) is 1. The van der Waals surface area contributed by atoms with Crippen molar-refractivity contribution in [3.05, 3.63) is 23.8 Å². The molecular formula is C13H18N2O. The summed E-state index contributed by atoms with van der Waals surface area (Å²) in [5.41, 5.74) is 9.61. The van der Waals surface area contributed by atoms with E-state index in [1.165, 1.54) is 24.1 Å². The van der Waals surface area contributed by atoms with Crippen LogP contribution in [0.5, 0.6) is 0 Å². The standard InChI is InChI=1S/C13H18N2O/c14-12-4-3-11(10-1-2-10)9-13(12)15-5-7-16-8-6-15/h3-4,9-10H,1-2,5-8,14H2. The van der Waals surface area contributed by atoms with E-state index >= 15 is 0 Å². The van der Waals surface area contributed by atoms with Gasteiger partial charge in [0, 0.05) is 13.1 Å². The van der Waals surface area contributed by atoms with E-state index in [-0.39, 0.29) is 0 Å². The molecule has 1 aliphatic carbocycles. The highest BCUT2D eigenvalue weighted by atomic mass is 16.5. The van der Waals surface area contributed by atoms with Gasteiger partial charge >= 0.3 is 0 Å². The molecule has 3 heteroatoms. The predicted molar refractivity (Wildman–Crippen MR) is 65.9 cm³/mol. The number of hydrogen-bond donors (Lipinski definition) is 1. The molecule has 0 amide bonds. The van der Waals surface area contributed by atoms with Crippen LogP contribution >= 0.6 is 0 Å². The van der Waals surface area contributed by atoms with E-state index in [2.05, 4.69) is 23.1 Å². The number of anilines is 2. The third kappa shape index (κ3) is 1.87. The highest BCUT2D eigenvalue weighted by molar-refractivity contribution is 5.69. The average Bonchev–Trinajstić information content (AvgIpc) is 3.15. The van der Waals surface area contributed by atoms with E-state index < -0.39 is 0 Å². The molecule has 1 aromatic carbocycles. The molecule has 2 N–H and O–H groups in total. The van der Waals surface area contributed by atoms with Gasteiger partial charge in [-0.3, -0.25) is 0 Å². The first-order valence-electron chi connectivity index (χ1n) is 6.07. The molecular weight excluding hydrogens is 200 g/mol. The fraction of sp³-hybridized carbons (Fsp3) is 0.538. The normalized spacial score (nSPS) is 21.1. The van der Waals surface area contributed by atoms with E-state index in [4.69, 9.17) is 10.5 Å². The lowest BCUT2D eigenvalue weighted by Crippen LogP contribution is -2.36. The van der Waals surface area contributed by atoms with Crippen LogP contribution < -0.4 is 10.6 Å². The molecule has 0 unspecified atom stereocenters. The van der Waals surface area contributed by atoms with Gasteiger partial charge in [-0.15, -0.1) is 0 Å². The van der Waals surface area contributed by atoms with E-state index in [1.807, 2.05) is 0 Å². The summed E-state index contributed by atoms with van der Waals surface area (Å²) in [7, 11) is 0. The zero-order valence-corrected chi connectivity index (χ0v) is 9.48. The summed E-state index contributed by atoms with van der Waals surface area (Å²) in [6.07, 6.45) is 2.68. The van der Waals surface area contributed by atoms with Gasteiger partial charge in [0.2, 0.25) is 0 Å². The number of nitrogen functional groups attached to an aromatic ring is 1.